The molecular weight excluding hydrogens is 362 g/mol. The zero-order valence-corrected chi connectivity index (χ0v) is 15.8. The molecule has 0 radical (unpaired) electrons. The van der Waals surface area contributed by atoms with Crippen molar-refractivity contribution in [2.24, 2.45) is 0 Å². The first-order chi connectivity index (χ1) is 12.8. The van der Waals surface area contributed by atoms with Gasteiger partial charge in [0.1, 0.15) is 15.7 Å². The number of thiazole rings is 2. The third-order valence-corrected chi connectivity index (χ3v) is 5.81. The molecule has 0 saturated heterocycles. The number of aryl methyl sites for hydroxylation is 1. The zero-order valence-electron chi connectivity index (χ0n) is 14.2. The Balaban J connectivity index is 1.36. The highest BCUT2D eigenvalue weighted by Crippen LogP contribution is 2.27. The molecule has 0 aliphatic heterocycles. The summed E-state index contributed by atoms with van der Waals surface area (Å²) in [7, 11) is 0. The molecule has 1 aromatic carbocycles. The van der Waals surface area contributed by atoms with Gasteiger partial charge < -0.3 is 5.32 Å². The molecule has 4 rings (SSSR count). The Morgan fingerprint density at radius 3 is 2.77 bits per heavy atom. The standard InChI is InChI=1S/C19H17N5S2/c1-13-4-2-3-5-16(13)18-23-10-15(26-18)9-21-8-14-12-25-19(24-14)17-11-20-6-7-22-17/h2-7,10-12,21H,8-9H2,1H3. The molecule has 1 N–H and O–H groups in total. The third-order valence-electron chi connectivity index (χ3n) is 3.87. The molecule has 0 bridgehead atoms. The summed E-state index contributed by atoms with van der Waals surface area (Å²) in [5, 5.41) is 7.46. The summed E-state index contributed by atoms with van der Waals surface area (Å²) in [4.78, 5) is 18.8. The van der Waals surface area contributed by atoms with E-state index in [1.165, 1.54) is 16.0 Å². The molecule has 0 aliphatic rings. The van der Waals surface area contributed by atoms with Gasteiger partial charge in [-0.15, -0.1) is 22.7 Å². The summed E-state index contributed by atoms with van der Waals surface area (Å²) >= 11 is 3.32. The van der Waals surface area contributed by atoms with Crippen molar-refractivity contribution in [2.45, 2.75) is 20.0 Å². The molecule has 0 spiro atoms. The van der Waals surface area contributed by atoms with E-state index in [1.54, 1.807) is 41.3 Å². The quantitative estimate of drug-likeness (QED) is 0.540. The van der Waals surface area contributed by atoms with E-state index in [4.69, 9.17) is 0 Å². The Kier molecular flexibility index (Phi) is 5.10. The second kappa shape index (κ2) is 7.82. The van der Waals surface area contributed by atoms with Crippen LogP contribution in [0.5, 0.6) is 0 Å². The molecule has 5 nitrogen and oxygen atoms in total. The van der Waals surface area contributed by atoms with Gasteiger partial charge in [0.05, 0.1) is 11.9 Å². The van der Waals surface area contributed by atoms with Gasteiger partial charge in [0.25, 0.3) is 0 Å². The van der Waals surface area contributed by atoms with Gasteiger partial charge in [0.15, 0.2) is 0 Å². The summed E-state index contributed by atoms with van der Waals surface area (Å²) in [5.74, 6) is 0. The highest BCUT2D eigenvalue weighted by molar-refractivity contribution is 7.15. The van der Waals surface area contributed by atoms with Gasteiger partial charge in [-0.3, -0.25) is 9.97 Å². The topological polar surface area (TPSA) is 63.6 Å². The molecule has 0 aliphatic carbocycles. The summed E-state index contributed by atoms with van der Waals surface area (Å²) in [6.07, 6.45) is 7.04. The Labute approximate surface area is 159 Å². The molecule has 130 valence electrons. The van der Waals surface area contributed by atoms with Crippen molar-refractivity contribution in [3.05, 3.63) is 70.6 Å². The van der Waals surface area contributed by atoms with Crippen molar-refractivity contribution < 1.29 is 0 Å². The van der Waals surface area contributed by atoms with E-state index in [-0.39, 0.29) is 0 Å². The second-order valence-electron chi connectivity index (χ2n) is 5.78. The molecule has 0 fully saturated rings. The van der Waals surface area contributed by atoms with E-state index in [0.29, 0.717) is 6.54 Å². The number of nitrogens with one attached hydrogen (secondary N) is 1. The van der Waals surface area contributed by atoms with E-state index >= 15 is 0 Å². The monoisotopic (exact) mass is 379 g/mol. The lowest BCUT2D eigenvalue weighted by atomic mass is 10.1. The molecule has 0 atom stereocenters. The largest absolute Gasteiger partial charge is 0.306 e. The average molecular weight is 380 g/mol. The maximum Gasteiger partial charge on any atom is 0.143 e. The molecule has 3 heterocycles. The fourth-order valence-electron chi connectivity index (χ4n) is 2.56. The van der Waals surface area contributed by atoms with Gasteiger partial charge in [-0.2, -0.15) is 0 Å². The number of hydrogen-bond donors (Lipinski definition) is 1. The Hall–Kier alpha value is -2.48. The van der Waals surface area contributed by atoms with E-state index in [2.05, 4.69) is 61.8 Å². The van der Waals surface area contributed by atoms with Gasteiger partial charge in [-0.25, -0.2) is 9.97 Å². The lowest BCUT2D eigenvalue weighted by Gasteiger charge is -2.01. The van der Waals surface area contributed by atoms with Crippen LogP contribution >= 0.6 is 22.7 Å². The van der Waals surface area contributed by atoms with E-state index in [1.807, 2.05) is 6.20 Å². The van der Waals surface area contributed by atoms with Gasteiger partial charge in [0.2, 0.25) is 0 Å². The van der Waals surface area contributed by atoms with Gasteiger partial charge in [-0.1, -0.05) is 24.3 Å². The Bertz CT molecular complexity index is 994. The zero-order chi connectivity index (χ0) is 17.8. The first kappa shape index (κ1) is 17.0. The number of hydrogen-bond acceptors (Lipinski definition) is 7. The van der Waals surface area contributed by atoms with Crippen LogP contribution in [-0.4, -0.2) is 19.9 Å². The molecule has 0 unspecified atom stereocenters. The molecule has 7 heteroatoms. The molecule has 4 aromatic rings. The normalized spacial score (nSPS) is 11.0. The Morgan fingerprint density at radius 2 is 1.92 bits per heavy atom. The summed E-state index contributed by atoms with van der Waals surface area (Å²) in [6, 6.07) is 8.34. The van der Waals surface area contributed by atoms with Crippen molar-refractivity contribution in [2.75, 3.05) is 0 Å². The molecule has 0 amide bonds. The maximum atomic E-state index is 4.62. The first-order valence-electron chi connectivity index (χ1n) is 8.22. The fourth-order valence-corrected chi connectivity index (χ4v) is 4.31. The van der Waals surface area contributed by atoms with Crippen LogP contribution in [0.25, 0.3) is 21.3 Å². The predicted octanol–water partition coefficient (Wildman–Crippen LogP) is 4.32. The molecular formula is C19H17N5S2. The van der Waals surface area contributed by atoms with Crippen molar-refractivity contribution in [1.29, 1.82) is 0 Å². The number of benzene rings is 1. The smallest absolute Gasteiger partial charge is 0.143 e. The van der Waals surface area contributed by atoms with Crippen LogP contribution in [0, 0.1) is 6.92 Å². The minimum atomic E-state index is 0.717. The number of aromatic nitrogens is 4. The molecule has 3 aromatic heterocycles. The van der Waals surface area contributed by atoms with Crippen LogP contribution in [0.1, 0.15) is 16.1 Å². The molecule has 0 saturated carbocycles. The van der Waals surface area contributed by atoms with E-state index in [9.17, 15) is 0 Å². The highest BCUT2D eigenvalue weighted by atomic mass is 32.1. The van der Waals surface area contributed by atoms with Crippen LogP contribution in [0.4, 0.5) is 0 Å². The minimum Gasteiger partial charge on any atom is -0.306 e. The van der Waals surface area contributed by atoms with Crippen LogP contribution in [0.3, 0.4) is 0 Å². The van der Waals surface area contributed by atoms with Crippen molar-refractivity contribution in [3.63, 3.8) is 0 Å². The van der Waals surface area contributed by atoms with Crippen LogP contribution < -0.4 is 5.32 Å². The SMILES string of the molecule is Cc1ccccc1-c1ncc(CNCc2csc(-c3cnccn3)n2)s1. The van der Waals surface area contributed by atoms with E-state index in [0.717, 1.165) is 27.9 Å². The fraction of sp³-hybridized carbons (Fsp3) is 0.158. The minimum absolute atomic E-state index is 0.717. The molecule has 26 heavy (non-hydrogen) atoms. The number of rotatable bonds is 6. The Morgan fingerprint density at radius 1 is 1.00 bits per heavy atom. The maximum absolute atomic E-state index is 4.62. The highest BCUT2D eigenvalue weighted by Gasteiger charge is 2.08. The summed E-state index contributed by atoms with van der Waals surface area (Å²) in [5.41, 5.74) is 4.28. The number of nitrogens with zero attached hydrogens (tertiary/aromatic N) is 4. The average Bonchev–Trinajstić information content (AvgIpc) is 3.33. The van der Waals surface area contributed by atoms with Gasteiger partial charge in [0, 0.05) is 47.5 Å². The van der Waals surface area contributed by atoms with Gasteiger partial charge >= 0.3 is 0 Å². The second-order valence-corrected chi connectivity index (χ2v) is 7.76. The van der Waals surface area contributed by atoms with Gasteiger partial charge in [-0.05, 0) is 12.5 Å². The van der Waals surface area contributed by atoms with Crippen molar-refractivity contribution in [1.82, 2.24) is 25.3 Å². The summed E-state index contributed by atoms with van der Waals surface area (Å²) in [6.45, 7) is 3.61. The van der Waals surface area contributed by atoms with Crippen LogP contribution in [0.15, 0.2) is 54.4 Å². The van der Waals surface area contributed by atoms with Crippen molar-refractivity contribution in [3.8, 4) is 21.3 Å². The third kappa shape index (κ3) is 3.85. The predicted molar refractivity (Wildman–Crippen MR) is 106 cm³/mol. The summed E-state index contributed by atoms with van der Waals surface area (Å²) < 4.78 is 0. The lowest BCUT2D eigenvalue weighted by Crippen LogP contribution is -2.11. The van der Waals surface area contributed by atoms with E-state index < -0.39 is 0 Å². The van der Waals surface area contributed by atoms with Crippen LogP contribution in [0.2, 0.25) is 0 Å². The first-order valence-corrected chi connectivity index (χ1v) is 9.91. The lowest BCUT2D eigenvalue weighted by molar-refractivity contribution is 0.689. The van der Waals surface area contributed by atoms with Crippen LogP contribution in [-0.2, 0) is 13.1 Å². The van der Waals surface area contributed by atoms with Crippen molar-refractivity contribution >= 4 is 22.7 Å².